The van der Waals surface area contributed by atoms with Gasteiger partial charge < -0.3 is 14.8 Å². The number of benzene rings is 2. The average Bonchev–Trinajstić information content (AvgIpc) is 2.64. The summed E-state index contributed by atoms with van der Waals surface area (Å²) in [5.74, 6) is 0.942. The molecule has 0 heterocycles. The Morgan fingerprint density at radius 3 is 2.35 bits per heavy atom. The summed E-state index contributed by atoms with van der Waals surface area (Å²) in [5.41, 5.74) is 0.842. The molecule has 140 valence electrons. The highest BCUT2D eigenvalue weighted by Gasteiger charge is 2.15. The van der Waals surface area contributed by atoms with E-state index in [1.165, 1.54) is 0 Å². The molecule has 0 saturated carbocycles. The number of sulfone groups is 1. The average molecular weight is 377 g/mol. The van der Waals surface area contributed by atoms with Crippen LogP contribution in [0.4, 0.5) is 0 Å². The third-order valence-corrected chi connectivity index (χ3v) is 4.99. The third kappa shape index (κ3) is 5.49. The van der Waals surface area contributed by atoms with Crippen LogP contribution in [0.25, 0.3) is 0 Å². The quantitative estimate of drug-likeness (QED) is 0.765. The summed E-state index contributed by atoms with van der Waals surface area (Å²) in [4.78, 5) is 12.4. The molecule has 0 spiro atoms. The van der Waals surface area contributed by atoms with Gasteiger partial charge in [-0.15, -0.1) is 0 Å². The van der Waals surface area contributed by atoms with Gasteiger partial charge in [-0.05, 0) is 36.2 Å². The Kier molecular flexibility index (Phi) is 6.63. The molecule has 1 amide bonds. The molecule has 0 unspecified atom stereocenters. The molecular formula is C19H23NO5S. The number of methoxy groups -OCH3 is 1. The maximum atomic E-state index is 12.2. The van der Waals surface area contributed by atoms with Gasteiger partial charge in [0.15, 0.2) is 16.4 Å². The number of carbonyl (C=O) groups excluding carboxylic acids is 1. The molecule has 0 radical (unpaired) electrons. The second-order valence-corrected chi connectivity index (χ2v) is 7.85. The molecule has 6 nitrogen and oxygen atoms in total. The minimum atomic E-state index is -3.24. The summed E-state index contributed by atoms with van der Waals surface area (Å²) in [6.45, 7) is 1.82. The lowest BCUT2D eigenvalue weighted by atomic mass is 10.0. The van der Waals surface area contributed by atoms with Crippen molar-refractivity contribution in [2.45, 2.75) is 24.3 Å². The third-order valence-electron chi connectivity index (χ3n) is 3.87. The smallest absolute Gasteiger partial charge is 0.258 e. The minimum absolute atomic E-state index is 0.120. The Hall–Kier alpha value is -2.54. The van der Waals surface area contributed by atoms with Gasteiger partial charge >= 0.3 is 0 Å². The molecule has 1 N–H and O–H groups in total. The largest absolute Gasteiger partial charge is 0.497 e. The molecular weight excluding hydrogens is 354 g/mol. The normalized spacial score (nSPS) is 12.3. The van der Waals surface area contributed by atoms with E-state index in [9.17, 15) is 13.2 Å². The summed E-state index contributed by atoms with van der Waals surface area (Å²) in [5, 5.41) is 2.90. The molecule has 0 aliphatic heterocycles. The van der Waals surface area contributed by atoms with E-state index in [0.29, 0.717) is 17.9 Å². The first-order chi connectivity index (χ1) is 12.3. The van der Waals surface area contributed by atoms with E-state index in [4.69, 9.17) is 9.47 Å². The Bertz CT molecular complexity index is 846. The number of hydrogen-bond acceptors (Lipinski definition) is 5. The maximum absolute atomic E-state index is 12.2. The van der Waals surface area contributed by atoms with E-state index < -0.39 is 9.84 Å². The fourth-order valence-electron chi connectivity index (χ4n) is 2.44. The van der Waals surface area contributed by atoms with Gasteiger partial charge in [0.05, 0.1) is 18.0 Å². The summed E-state index contributed by atoms with van der Waals surface area (Å²) < 4.78 is 33.7. The van der Waals surface area contributed by atoms with Crippen LogP contribution in [0.15, 0.2) is 53.4 Å². The molecule has 26 heavy (non-hydrogen) atoms. The van der Waals surface area contributed by atoms with Crippen LogP contribution >= 0.6 is 0 Å². The molecule has 2 aromatic carbocycles. The first-order valence-corrected chi connectivity index (χ1v) is 10.1. The van der Waals surface area contributed by atoms with E-state index in [1.54, 1.807) is 55.6 Å². The summed E-state index contributed by atoms with van der Waals surface area (Å²) in [6.07, 6.45) is 1.83. The van der Waals surface area contributed by atoms with Gasteiger partial charge in [0.1, 0.15) is 11.5 Å². The second-order valence-electron chi connectivity index (χ2n) is 5.84. The van der Waals surface area contributed by atoms with Gasteiger partial charge in [-0.25, -0.2) is 8.42 Å². The first kappa shape index (κ1) is 19.8. The predicted molar refractivity (Wildman–Crippen MR) is 99.2 cm³/mol. The Balaban J connectivity index is 1.97. The van der Waals surface area contributed by atoms with Gasteiger partial charge in [0.25, 0.3) is 5.91 Å². The van der Waals surface area contributed by atoms with Crippen LogP contribution in [0.2, 0.25) is 0 Å². The van der Waals surface area contributed by atoms with Gasteiger partial charge in [0, 0.05) is 12.3 Å². The van der Waals surface area contributed by atoms with Crippen molar-refractivity contribution in [3.05, 3.63) is 54.1 Å². The second kappa shape index (κ2) is 8.71. The molecule has 0 saturated heterocycles. The van der Waals surface area contributed by atoms with Crippen molar-refractivity contribution in [1.29, 1.82) is 0 Å². The molecule has 2 rings (SSSR count). The zero-order chi connectivity index (χ0) is 19.2. The van der Waals surface area contributed by atoms with Crippen molar-refractivity contribution >= 4 is 15.7 Å². The topological polar surface area (TPSA) is 81.7 Å². The van der Waals surface area contributed by atoms with Gasteiger partial charge in [-0.1, -0.05) is 25.1 Å². The fourth-order valence-corrected chi connectivity index (χ4v) is 3.07. The van der Waals surface area contributed by atoms with Crippen molar-refractivity contribution in [3.63, 3.8) is 0 Å². The van der Waals surface area contributed by atoms with Crippen molar-refractivity contribution in [3.8, 4) is 11.5 Å². The Labute approximate surface area is 154 Å². The van der Waals surface area contributed by atoms with Crippen LogP contribution in [0.1, 0.15) is 24.9 Å². The summed E-state index contributed by atoms with van der Waals surface area (Å²) >= 11 is 0. The van der Waals surface area contributed by atoms with Gasteiger partial charge in [0.2, 0.25) is 0 Å². The number of nitrogens with one attached hydrogen (secondary N) is 1. The number of carbonyl (C=O) groups is 1. The SMILES string of the molecule is CC[C@@H](NC(=O)COc1cccc(OC)c1)c1ccc(S(C)(=O)=O)cc1. The van der Waals surface area contributed by atoms with Crippen LogP contribution in [0.5, 0.6) is 11.5 Å². The highest BCUT2D eigenvalue weighted by atomic mass is 32.2. The van der Waals surface area contributed by atoms with E-state index >= 15 is 0 Å². The van der Waals surface area contributed by atoms with Gasteiger partial charge in [-0.3, -0.25) is 4.79 Å². The van der Waals surface area contributed by atoms with Crippen LogP contribution in [-0.4, -0.2) is 34.3 Å². The molecule has 0 aromatic heterocycles. The maximum Gasteiger partial charge on any atom is 0.258 e. The predicted octanol–water partition coefficient (Wildman–Crippen LogP) is 2.75. The zero-order valence-corrected chi connectivity index (χ0v) is 15.9. The van der Waals surface area contributed by atoms with Crippen molar-refractivity contribution in [2.75, 3.05) is 20.0 Å². The molecule has 0 aliphatic carbocycles. The van der Waals surface area contributed by atoms with Crippen LogP contribution in [0, 0.1) is 0 Å². The van der Waals surface area contributed by atoms with Crippen molar-refractivity contribution in [2.24, 2.45) is 0 Å². The minimum Gasteiger partial charge on any atom is -0.497 e. The summed E-state index contributed by atoms with van der Waals surface area (Å²) in [6, 6.07) is 13.3. The molecule has 2 aromatic rings. The van der Waals surface area contributed by atoms with Crippen molar-refractivity contribution < 1.29 is 22.7 Å². The lowest BCUT2D eigenvalue weighted by Gasteiger charge is -2.18. The number of rotatable bonds is 8. The zero-order valence-electron chi connectivity index (χ0n) is 15.1. The van der Waals surface area contributed by atoms with E-state index in [1.807, 2.05) is 6.92 Å². The van der Waals surface area contributed by atoms with Crippen molar-refractivity contribution in [1.82, 2.24) is 5.32 Å². The monoisotopic (exact) mass is 377 g/mol. The number of amides is 1. The lowest BCUT2D eigenvalue weighted by molar-refractivity contribution is -0.123. The highest BCUT2D eigenvalue weighted by Crippen LogP contribution is 2.20. The number of hydrogen-bond donors (Lipinski definition) is 1. The molecule has 1 atom stereocenters. The van der Waals surface area contributed by atoms with Crippen LogP contribution in [0.3, 0.4) is 0 Å². The van der Waals surface area contributed by atoms with E-state index in [2.05, 4.69) is 5.32 Å². The molecule has 0 aliphatic rings. The highest BCUT2D eigenvalue weighted by molar-refractivity contribution is 7.90. The molecule has 7 heteroatoms. The standard InChI is InChI=1S/C19H23NO5S/c1-4-18(14-8-10-17(11-9-14)26(3,22)23)20-19(21)13-25-16-7-5-6-15(12-16)24-2/h5-12,18H,4,13H2,1-3H3,(H,20,21)/t18-/m1/s1. The Morgan fingerprint density at radius 2 is 1.77 bits per heavy atom. The fraction of sp³-hybridized carbons (Fsp3) is 0.316. The van der Waals surface area contributed by atoms with Gasteiger partial charge in [-0.2, -0.15) is 0 Å². The Morgan fingerprint density at radius 1 is 1.12 bits per heavy atom. The lowest BCUT2D eigenvalue weighted by Crippen LogP contribution is -2.32. The molecule has 0 bridgehead atoms. The molecule has 0 fully saturated rings. The first-order valence-electron chi connectivity index (χ1n) is 8.19. The van der Waals surface area contributed by atoms with Crippen LogP contribution in [-0.2, 0) is 14.6 Å². The van der Waals surface area contributed by atoms with E-state index in [0.717, 1.165) is 11.8 Å². The summed E-state index contributed by atoms with van der Waals surface area (Å²) in [7, 11) is -1.68. The number of ether oxygens (including phenoxy) is 2. The van der Waals surface area contributed by atoms with E-state index in [-0.39, 0.29) is 23.5 Å². The van der Waals surface area contributed by atoms with Crippen LogP contribution < -0.4 is 14.8 Å².